The molecule has 1 unspecified atom stereocenters. The maximum atomic E-state index is 13.7. The van der Waals surface area contributed by atoms with Gasteiger partial charge >= 0.3 is 5.92 Å². The van der Waals surface area contributed by atoms with Crippen molar-refractivity contribution >= 4 is 5.84 Å². The molecule has 3 atom stereocenters. The van der Waals surface area contributed by atoms with Crippen LogP contribution in [-0.2, 0) is 4.74 Å². The molecular weight excluding hydrogens is 236 g/mol. The minimum atomic E-state index is -3.47. The highest BCUT2D eigenvalue weighted by Gasteiger charge is 2.60. The molecule has 17 heavy (non-hydrogen) atoms. The molecule has 96 valence electrons. The van der Waals surface area contributed by atoms with Crippen LogP contribution in [0, 0.1) is 0 Å². The van der Waals surface area contributed by atoms with Crippen LogP contribution >= 0.6 is 0 Å². The van der Waals surface area contributed by atoms with Crippen molar-refractivity contribution in [3.63, 3.8) is 0 Å². The van der Waals surface area contributed by atoms with Crippen LogP contribution < -0.4 is 5.73 Å². The van der Waals surface area contributed by atoms with Crippen molar-refractivity contribution in [1.29, 1.82) is 0 Å². The highest BCUT2D eigenvalue weighted by atomic mass is 19.3. The van der Waals surface area contributed by atoms with Gasteiger partial charge in [-0.25, -0.2) is 4.99 Å². The van der Waals surface area contributed by atoms with Crippen molar-refractivity contribution in [2.45, 2.75) is 24.4 Å². The summed E-state index contributed by atoms with van der Waals surface area (Å²) in [5, 5.41) is 18.1. The van der Waals surface area contributed by atoms with Crippen molar-refractivity contribution in [3.05, 3.63) is 12.3 Å². The first-order valence-corrected chi connectivity index (χ1v) is 5.03. The van der Waals surface area contributed by atoms with Crippen molar-refractivity contribution in [1.82, 2.24) is 4.90 Å². The molecule has 0 spiro atoms. The number of nitrogens with two attached hydrogens (primary N) is 1. The summed E-state index contributed by atoms with van der Waals surface area (Å²) in [5.74, 6) is -3.24. The van der Waals surface area contributed by atoms with Crippen LogP contribution in [0.15, 0.2) is 17.3 Å². The summed E-state index contributed by atoms with van der Waals surface area (Å²) in [7, 11) is 0. The molecular formula is C9H13F2N3O3. The van der Waals surface area contributed by atoms with Gasteiger partial charge in [-0.15, -0.1) is 0 Å². The second-order valence-corrected chi connectivity index (χ2v) is 3.88. The smallest absolute Gasteiger partial charge is 0.319 e. The van der Waals surface area contributed by atoms with Gasteiger partial charge in [-0.2, -0.15) is 8.78 Å². The van der Waals surface area contributed by atoms with E-state index < -0.39 is 31.0 Å². The molecule has 2 heterocycles. The molecule has 1 saturated heterocycles. The first-order chi connectivity index (χ1) is 7.96. The minimum absolute atomic E-state index is 0.0759. The van der Waals surface area contributed by atoms with E-state index in [4.69, 9.17) is 15.6 Å². The molecule has 0 aliphatic carbocycles. The van der Waals surface area contributed by atoms with Crippen molar-refractivity contribution < 1.29 is 23.7 Å². The zero-order valence-corrected chi connectivity index (χ0v) is 8.83. The van der Waals surface area contributed by atoms with Gasteiger partial charge in [0, 0.05) is 6.20 Å². The van der Waals surface area contributed by atoms with Crippen LogP contribution in [0.3, 0.4) is 0 Å². The molecule has 6 nitrogen and oxygen atoms in total. The van der Waals surface area contributed by atoms with Crippen LogP contribution in [0.4, 0.5) is 8.78 Å². The molecule has 0 radical (unpaired) electrons. The van der Waals surface area contributed by atoms with Gasteiger partial charge in [0.25, 0.3) is 0 Å². The standard InChI is InChI=1S/C9H13F2N3O3/c10-9(11)7(16)5(3-15)17-8(9)14-2-1-6(12)13-4-14/h1-2,5,7-8,15-16H,3-4H2,(H2,12,13)/t5-,7-,8?/m1/s1. The number of alkyl halides is 2. The van der Waals surface area contributed by atoms with Gasteiger partial charge in [0.05, 0.1) is 6.61 Å². The Labute approximate surface area is 96.0 Å². The van der Waals surface area contributed by atoms with Crippen LogP contribution in [0.5, 0.6) is 0 Å². The highest BCUT2D eigenvalue weighted by Crippen LogP contribution is 2.38. The van der Waals surface area contributed by atoms with Gasteiger partial charge in [-0.05, 0) is 6.08 Å². The van der Waals surface area contributed by atoms with Gasteiger partial charge < -0.3 is 25.6 Å². The molecule has 1 fully saturated rings. The van der Waals surface area contributed by atoms with E-state index in [1.165, 1.54) is 12.3 Å². The van der Waals surface area contributed by atoms with E-state index >= 15 is 0 Å². The minimum Gasteiger partial charge on any atom is -0.394 e. The first-order valence-electron chi connectivity index (χ1n) is 5.03. The van der Waals surface area contributed by atoms with Crippen LogP contribution in [-0.4, -0.2) is 58.6 Å². The normalized spacial score (nSPS) is 36.1. The number of amidine groups is 1. The summed E-state index contributed by atoms with van der Waals surface area (Å²) in [4.78, 5) is 4.89. The fourth-order valence-electron chi connectivity index (χ4n) is 1.75. The molecule has 0 saturated carbocycles. The molecule has 0 aromatic carbocycles. The number of hydrogen-bond donors (Lipinski definition) is 3. The van der Waals surface area contributed by atoms with Crippen LogP contribution in [0.2, 0.25) is 0 Å². The van der Waals surface area contributed by atoms with E-state index in [-0.39, 0.29) is 12.5 Å². The van der Waals surface area contributed by atoms with E-state index in [1.807, 2.05) is 0 Å². The lowest BCUT2D eigenvalue weighted by Crippen LogP contribution is -2.48. The van der Waals surface area contributed by atoms with E-state index in [9.17, 15) is 13.9 Å². The molecule has 2 rings (SSSR count). The van der Waals surface area contributed by atoms with Gasteiger partial charge in [0.15, 0.2) is 12.3 Å². The van der Waals surface area contributed by atoms with Gasteiger partial charge in [-0.3, -0.25) is 0 Å². The second kappa shape index (κ2) is 4.21. The lowest BCUT2D eigenvalue weighted by Gasteiger charge is -2.30. The Hall–Kier alpha value is -1.25. The zero-order chi connectivity index (χ0) is 12.6. The second-order valence-electron chi connectivity index (χ2n) is 3.88. The lowest BCUT2D eigenvalue weighted by molar-refractivity contribution is -0.155. The number of aliphatic imine (C=N–C) groups is 1. The average Bonchev–Trinajstić information content (AvgIpc) is 2.53. The molecule has 0 aromatic rings. The Morgan fingerprint density at radius 3 is 2.82 bits per heavy atom. The third-order valence-corrected chi connectivity index (χ3v) is 2.71. The molecule has 8 heteroatoms. The van der Waals surface area contributed by atoms with E-state index in [0.29, 0.717) is 0 Å². The van der Waals surface area contributed by atoms with Crippen molar-refractivity contribution in [2.24, 2.45) is 10.7 Å². The highest BCUT2D eigenvalue weighted by molar-refractivity contribution is 5.91. The first kappa shape index (κ1) is 12.2. The Morgan fingerprint density at radius 2 is 2.35 bits per heavy atom. The number of halogens is 2. The summed E-state index contributed by atoms with van der Waals surface area (Å²) in [6, 6.07) is 0. The summed E-state index contributed by atoms with van der Waals surface area (Å²) in [5.41, 5.74) is 5.36. The van der Waals surface area contributed by atoms with Crippen LogP contribution in [0.1, 0.15) is 0 Å². The number of hydrogen-bond acceptors (Lipinski definition) is 6. The fourth-order valence-corrected chi connectivity index (χ4v) is 1.75. The predicted octanol–water partition coefficient (Wildman–Crippen LogP) is -1.16. The summed E-state index contributed by atoms with van der Waals surface area (Å²) in [6.45, 7) is -0.746. The van der Waals surface area contributed by atoms with Crippen LogP contribution in [0.25, 0.3) is 0 Å². The summed E-state index contributed by atoms with van der Waals surface area (Å²) >= 11 is 0. The fraction of sp³-hybridized carbons (Fsp3) is 0.667. The number of nitrogens with zero attached hydrogens (tertiary/aromatic N) is 2. The Morgan fingerprint density at radius 1 is 1.65 bits per heavy atom. The predicted molar refractivity (Wildman–Crippen MR) is 54.2 cm³/mol. The number of rotatable bonds is 2. The van der Waals surface area contributed by atoms with Gasteiger partial charge in [0.1, 0.15) is 18.6 Å². The third-order valence-electron chi connectivity index (χ3n) is 2.71. The third kappa shape index (κ3) is 1.99. The van der Waals surface area contributed by atoms with Crippen molar-refractivity contribution in [2.75, 3.05) is 13.3 Å². The lowest BCUT2D eigenvalue weighted by atomic mass is 10.1. The number of ether oxygens (including phenoxy) is 1. The molecule has 0 aromatic heterocycles. The summed E-state index contributed by atoms with van der Waals surface area (Å²) < 4.78 is 32.3. The molecule has 0 amide bonds. The number of aliphatic hydroxyl groups excluding tert-OH is 2. The number of aliphatic hydroxyl groups is 2. The molecule has 2 aliphatic rings. The quantitative estimate of drug-likeness (QED) is 0.574. The topological polar surface area (TPSA) is 91.3 Å². The maximum absolute atomic E-state index is 13.7. The Kier molecular flexibility index (Phi) is 3.02. The summed E-state index contributed by atoms with van der Waals surface area (Å²) in [6.07, 6.45) is -2.29. The average molecular weight is 249 g/mol. The Bertz CT molecular complexity index is 361. The zero-order valence-electron chi connectivity index (χ0n) is 8.83. The SMILES string of the molecule is NC1=NCN(C2O[C@H](CO)[C@@H](O)C2(F)F)C=C1. The maximum Gasteiger partial charge on any atom is 0.319 e. The monoisotopic (exact) mass is 249 g/mol. The molecule has 2 aliphatic heterocycles. The van der Waals surface area contributed by atoms with Crippen molar-refractivity contribution in [3.8, 4) is 0 Å². The Balaban J connectivity index is 2.14. The van der Waals surface area contributed by atoms with E-state index in [0.717, 1.165) is 4.90 Å². The van der Waals surface area contributed by atoms with E-state index in [2.05, 4.69) is 4.99 Å². The van der Waals surface area contributed by atoms with Gasteiger partial charge in [-0.1, -0.05) is 0 Å². The molecule has 0 bridgehead atoms. The van der Waals surface area contributed by atoms with Gasteiger partial charge in [0.2, 0.25) is 0 Å². The van der Waals surface area contributed by atoms with E-state index in [1.54, 1.807) is 0 Å². The largest absolute Gasteiger partial charge is 0.394 e. The molecule has 4 N–H and O–H groups in total.